The lowest BCUT2D eigenvalue weighted by Gasteiger charge is -2.38. The molecule has 92 valence electrons. The van der Waals surface area contributed by atoms with Crippen LogP contribution in [0.2, 0.25) is 0 Å². The molecular weight excluding hydrogens is 226 g/mol. The van der Waals surface area contributed by atoms with Gasteiger partial charge in [-0.3, -0.25) is 4.90 Å². The summed E-state index contributed by atoms with van der Waals surface area (Å²) in [6.07, 6.45) is 4.17. The lowest BCUT2D eigenvalue weighted by molar-refractivity contribution is 0.0966. The van der Waals surface area contributed by atoms with Crippen molar-refractivity contribution >= 4 is 12.4 Å². The number of halogens is 1. The summed E-state index contributed by atoms with van der Waals surface area (Å²) >= 11 is 0. The monoisotopic (exact) mass is 245 g/mol. The van der Waals surface area contributed by atoms with Gasteiger partial charge in [0.2, 0.25) is 0 Å². The van der Waals surface area contributed by atoms with Crippen molar-refractivity contribution < 1.29 is 4.52 Å². The molecule has 0 aromatic carbocycles. The third-order valence-electron chi connectivity index (χ3n) is 3.33. The van der Waals surface area contributed by atoms with Crippen LogP contribution in [0, 0.1) is 5.92 Å². The summed E-state index contributed by atoms with van der Waals surface area (Å²) in [5, 5.41) is 3.95. The first kappa shape index (κ1) is 13.5. The first-order chi connectivity index (χ1) is 7.31. The van der Waals surface area contributed by atoms with Crippen LogP contribution >= 0.6 is 12.4 Å². The van der Waals surface area contributed by atoms with Gasteiger partial charge < -0.3 is 10.3 Å². The van der Waals surface area contributed by atoms with E-state index in [1.807, 2.05) is 6.07 Å². The molecule has 1 aliphatic rings. The number of hydrogen-bond donors (Lipinski definition) is 1. The Balaban J connectivity index is 0.00000128. The summed E-state index contributed by atoms with van der Waals surface area (Å²) in [4.78, 5) is 2.42. The highest BCUT2D eigenvalue weighted by atomic mass is 35.5. The van der Waals surface area contributed by atoms with E-state index in [4.69, 9.17) is 10.3 Å². The first-order valence-corrected chi connectivity index (χ1v) is 5.64. The van der Waals surface area contributed by atoms with Gasteiger partial charge in [-0.15, -0.1) is 12.4 Å². The smallest absolute Gasteiger partial charge is 0.124 e. The van der Waals surface area contributed by atoms with Crippen molar-refractivity contribution in [3.63, 3.8) is 0 Å². The predicted molar refractivity (Wildman–Crippen MR) is 65.4 cm³/mol. The summed E-state index contributed by atoms with van der Waals surface area (Å²) in [7, 11) is 0. The zero-order valence-corrected chi connectivity index (χ0v) is 10.4. The molecular formula is C11H20ClN3O. The Morgan fingerprint density at radius 3 is 3.06 bits per heavy atom. The van der Waals surface area contributed by atoms with E-state index in [9.17, 15) is 0 Å². The van der Waals surface area contributed by atoms with Crippen LogP contribution in [-0.2, 0) is 6.54 Å². The molecule has 0 aliphatic carbocycles. The fourth-order valence-electron chi connectivity index (χ4n) is 2.44. The average molecular weight is 246 g/mol. The molecule has 0 bridgehead atoms. The van der Waals surface area contributed by atoms with Crippen molar-refractivity contribution in [1.29, 1.82) is 0 Å². The molecule has 16 heavy (non-hydrogen) atoms. The van der Waals surface area contributed by atoms with Crippen LogP contribution in [0.15, 0.2) is 16.9 Å². The maximum atomic E-state index is 5.83. The molecule has 1 aromatic heterocycles. The van der Waals surface area contributed by atoms with Crippen LogP contribution in [0.3, 0.4) is 0 Å². The van der Waals surface area contributed by atoms with Gasteiger partial charge in [-0.05, 0) is 25.3 Å². The third-order valence-corrected chi connectivity index (χ3v) is 3.33. The van der Waals surface area contributed by atoms with Gasteiger partial charge in [0, 0.05) is 25.2 Å². The van der Waals surface area contributed by atoms with E-state index in [2.05, 4.69) is 17.0 Å². The van der Waals surface area contributed by atoms with Gasteiger partial charge in [-0.25, -0.2) is 0 Å². The second-order valence-electron chi connectivity index (χ2n) is 4.38. The SMILES string of the molecule is CC1CCCN(Cc2ccon2)C1CN.Cl. The van der Waals surface area contributed by atoms with Gasteiger partial charge >= 0.3 is 0 Å². The molecule has 2 heterocycles. The molecule has 1 aliphatic heterocycles. The topological polar surface area (TPSA) is 55.3 Å². The summed E-state index contributed by atoms with van der Waals surface area (Å²) in [6.45, 7) is 5.01. The maximum absolute atomic E-state index is 5.83. The van der Waals surface area contributed by atoms with E-state index in [0.29, 0.717) is 12.0 Å². The van der Waals surface area contributed by atoms with Crippen LogP contribution in [-0.4, -0.2) is 29.2 Å². The Labute approximate surface area is 103 Å². The second kappa shape index (κ2) is 6.23. The Morgan fingerprint density at radius 1 is 1.62 bits per heavy atom. The van der Waals surface area contributed by atoms with E-state index >= 15 is 0 Å². The van der Waals surface area contributed by atoms with Crippen LogP contribution in [0.25, 0.3) is 0 Å². The molecule has 2 rings (SSSR count). The van der Waals surface area contributed by atoms with Gasteiger partial charge in [0.05, 0.1) is 5.69 Å². The highest BCUT2D eigenvalue weighted by molar-refractivity contribution is 5.85. The maximum Gasteiger partial charge on any atom is 0.124 e. The molecule has 1 fully saturated rings. The number of nitrogens with zero attached hydrogens (tertiary/aromatic N) is 2. The normalized spacial score (nSPS) is 26.4. The third kappa shape index (κ3) is 2.97. The van der Waals surface area contributed by atoms with E-state index < -0.39 is 0 Å². The largest absolute Gasteiger partial charge is 0.364 e. The quantitative estimate of drug-likeness (QED) is 0.880. The zero-order chi connectivity index (χ0) is 10.7. The van der Waals surface area contributed by atoms with E-state index in [1.54, 1.807) is 6.26 Å². The number of nitrogens with two attached hydrogens (primary N) is 1. The lowest BCUT2D eigenvalue weighted by Crippen LogP contribution is -2.48. The zero-order valence-electron chi connectivity index (χ0n) is 9.63. The van der Waals surface area contributed by atoms with Crippen molar-refractivity contribution in [2.24, 2.45) is 11.7 Å². The fourth-order valence-corrected chi connectivity index (χ4v) is 2.44. The summed E-state index contributed by atoms with van der Waals surface area (Å²) in [5.41, 5.74) is 6.83. The number of aromatic nitrogens is 1. The van der Waals surface area contributed by atoms with Gasteiger partial charge in [0.25, 0.3) is 0 Å². The van der Waals surface area contributed by atoms with Crippen molar-refractivity contribution in [2.45, 2.75) is 32.4 Å². The number of piperidine rings is 1. The van der Waals surface area contributed by atoms with Gasteiger partial charge in [-0.2, -0.15) is 0 Å². The van der Waals surface area contributed by atoms with Crippen LogP contribution in [0.5, 0.6) is 0 Å². The van der Waals surface area contributed by atoms with Crippen LogP contribution < -0.4 is 5.73 Å². The minimum Gasteiger partial charge on any atom is -0.364 e. The fraction of sp³-hybridized carbons (Fsp3) is 0.727. The molecule has 2 N–H and O–H groups in total. The minimum absolute atomic E-state index is 0. The van der Waals surface area contributed by atoms with E-state index in [1.165, 1.54) is 12.8 Å². The highest BCUT2D eigenvalue weighted by Crippen LogP contribution is 2.23. The van der Waals surface area contributed by atoms with Crippen LogP contribution in [0.4, 0.5) is 0 Å². The first-order valence-electron chi connectivity index (χ1n) is 5.64. The van der Waals surface area contributed by atoms with Crippen molar-refractivity contribution in [3.8, 4) is 0 Å². The second-order valence-corrected chi connectivity index (χ2v) is 4.38. The molecule has 1 saturated heterocycles. The van der Waals surface area contributed by atoms with Crippen molar-refractivity contribution in [3.05, 3.63) is 18.0 Å². The Kier molecular flexibility index (Phi) is 5.25. The standard InChI is InChI=1S/C11H19N3O.ClH/c1-9-3-2-5-14(11(9)7-12)8-10-4-6-15-13-10;/h4,6,9,11H,2-3,5,7-8,12H2,1H3;1H. The van der Waals surface area contributed by atoms with Gasteiger partial charge in [0.1, 0.15) is 6.26 Å². The Hall–Kier alpha value is -0.580. The molecule has 2 atom stereocenters. The summed E-state index contributed by atoms with van der Waals surface area (Å²) in [6, 6.07) is 2.42. The molecule has 1 aromatic rings. The highest BCUT2D eigenvalue weighted by Gasteiger charge is 2.27. The number of likely N-dealkylation sites (tertiary alicyclic amines) is 1. The molecule has 0 spiro atoms. The van der Waals surface area contributed by atoms with Gasteiger partial charge in [0.15, 0.2) is 0 Å². The summed E-state index contributed by atoms with van der Waals surface area (Å²) in [5.74, 6) is 0.690. The van der Waals surface area contributed by atoms with E-state index in [0.717, 1.165) is 25.3 Å². The molecule has 2 unspecified atom stereocenters. The molecule has 5 heteroatoms. The predicted octanol–water partition coefficient (Wildman–Crippen LogP) is 1.66. The molecule has 0 radical (unpaired) electrons. The molecule has 0 saturated carbocycles. The summed E-state index contributed by atoms with van der Waals surface area (Å²) < 4.78 is 4.84. The van der Waals surface area contributed by atoms with Crippen LogP contribution in [0.1, 0.15) is 25.5 Å². The van der Waals surface area contributed by atoms with Crippen molar-refractivity contribution in [2.75, 3.05) is 13.1 Å². The number of hydrogen-bond acceptors (Lipinski definition) is 4. The minimum atomic E-state index is 0. The van der Waals surface area contributed by atoms with Crippen molar-refractivity contribution in [1.82, 2.24) is 10.1 Å². The van der Waals surface area contributed by atoms with Gasteiger partial charge in [-0.1, -0.05) is 12.1 Å². The average Bonchev–Trinajstić information content (AvgIpc) is 2.71. The molecule has 4 nitrogen and oxygen atoms in total. The molecule has 0 amide bonds. The van der Waals surface area contributed by atoms with E-state index in [-0.39, 0.29) is 12.4 Å². The Bertz CT molecular complexity index is 291. The Morgan fingerprint density at radius 2 is 2.44 bits per heavy atom. The lowest BCUT2D eigenvalue weighted by atomic mass is 9.91. The number of rotatable bonds is 3.